The first kappa shape index (κ1) is 14.8. The molecule has 0 atom stereocenters. The van der Waals surface area contributed by atoms with Crippen molar-refractivity contribution in [2.75, 3.05) is 11.4 Å². The fourth-order valence-corrected chi connectivity index (χ4v) is 2.13. The highest BCUT2D eigenvalue weighted by Gasteiger charge is 2.21. The van der Waals surface area contributed by atoms with E-state index in [0.29, 0.717) is 12.2 Å². The first-order valence-electron chi connectivity index (χ1n) is 6.54. The number of hydrogen-bond donors (Lipinski definition) is 2. The molecule has 0 radical (unpaired) electrons. The van der Waals surface area contributed by atoms with Crippen molar-refractivity contribution in [3.05, 3.63) is 53.3 Å². The Morgan fingerprint density at radius 3 is 2.38 bits per heavy atom. The second kappa shape index (κ2) is 5.83. The van der Waals surface area contributed by atoms with Crippen molar-refractivity contribution in [1.29, 1.82) is 0 Å². The van der Waals surface area contributed by atoms with E-state index >= 15 is 0 Å². The van der Waals surface area contributed by atoms with Crippen molar-refractivity contribution in [2.45, 2.75) is 13.8 Å². The molecule has 0 unspecified atom stereocenters. The lowest BCUT2D eigenvalue weighted by Crippen LogP contribution is -2.31. The van der Waals surface area contributed by atoms with Gasteiger partial charge in [-0.3, -0.25) is 4.79 Å². The van der Waals surface area contributed by atoms with Crippen LogP contribution in [0.3, 0.4) is 0 Å². The fourth-order valence-electron chi connectivity index (χ4n) is 2.13. The Bertz CT molecular complexity index is 685. The Morgan fingerprint density at radius 2 is 1.76 bits per heavy atom. The van der Waals surface area contributed by atoms with Gasteiger partial charge in [0.05, 0.1) is 11.3 Å². The molecule has 4 nitrogen and oxygen atoms in total. The third kappa shape index (κ3) is 2.97. The van der Waals surface area contributed by atoms with Crippen LogP contribution in [0, 0.1) is 12.7 Å². The van der Waals surface area contributed by atoms with Crippen molar-refractivity contribution in [3.8, 4) is 11.5 Å². The van der Waals surface area contributed by atoms with E-state index in [9.17, 15) is 19.4 Å². The Balaban J connectivity index is 2.45. The van der Waals surface area contributed by atoms with Gasteiger partial charge in [0.1, 0.15) is 17.3 Å². The monoisotopic (exact) mass is 289 g/mol. The standard InChI is InChI=1S/C16H16FNO3/c1-3-18(15-9-12(20)5-4-10(15)2)16(21)13-7-6-11(19)8-14(13)17/h4-9,19-20H,3H2,1-2H3. The molecule has 0 aliphatic heterocycles. The van der Waals surface area contributed by atoms with Gasteiger partial charge in [0, 0.05) is 18.7 Å². The van der Waals surface area contributed by atoms with Crippen LogP contribution >= 0.6 is 0 Å². The Hall–Kier alpha value is -2.56. The number of benzene rings is 2. The number of amides is 1. The highest BCUT2D eigenvalue weighted by Crippen LogP contribution is 2.27. The van der Waals surface area contributed by atoms with Crippen LogP contribution in [0.2, 0.25) is 0 Å². The number of hydrogen-bond acceptors (Lipinski definition) is 3. The highest BCUT2D eigenvalue weighted by atomic mass is 19.1. The van der Waals surface area contributed by atoms with E-state index < -0.39 is 11.7 Å². The summed E-state index contributed by atoms with van der Waals surface area (Å²) in [6, 6.07) is 8.09. The molecule has 2 rings (SSSR count). The van der Waals surface area contributed by atoms with Crippen molar-refractivity contribution >= 4 is 11.6 Å². The van der Waals surface area contributed by atoms with Crippen LogP contribution in [0.15, 0.2) is 36.4 Å². The molecule has 1 amide bonds. The van der Waals surface area contributed by atoms with E-state index in [1.807, 2.05) is 0 Å². The van der Waals surface area contributed by atoms with Gasteiger partial charge in [0.2, 0.25) is 0 Å². The largest absolute Gasteiger partial charge is 0.508 e. The minimum Gasteiger partial charge on any atom is -0.508 e. The van der Waals surface area contributed by atoms with Crippen LogP contribution in [-0.4, -0.2) is 22.7 Å². The Kier molecular flexibility index (Phi) is 4.12. The predicted octanol–water partition coefficient (Wildman–Crippen LogP) is 3.21. The summed E-state index contributed by atoms with van der Waals surface area (Å²) in [6.07, 6.45) is 0. The maximum atomic E-state index is 13.8. The molecule has 0 spiro atoms. The highest BCUT2D eigenvalue weighted by molar-refractivity contribution is 6.06. The zero-order valence-electron chi connectivity index (χ0n) is 11.8. The maximum absolute atomic E-state index is 13.8. The molecule has 21 heavy (non-hydrogen) atoms. The molecule has 0 aliphatic rings. The number of anilines is 1. The van der Waals surface area contributed by atoms with Crippen molar-refractivity contribution in [3.63, 3.8) is 0 Å². The Labute approximate surface area is 122 Å². The normalized spacial score (nSPS) is 10.4. The summed E-state index contributed by atoms with van der Waals surface area (Å²) < 4.78 is 13.8. The zero-order chi connectivity index (χ0) is 15.6. The summed E-state index contributed by atoms with van der Waals surface area (Å²) in [4.78, 5) is 13.9. The quantitative estimate of drug-likeness (QED) is 0.912. The van der Waals surface area contributed by atoms with E-state index in [4.69, 9.17) is 0 Å². The van der Waals surface area contributed by atoms with Crippen LogP contribution in [0.4, 0.5) is 10.1 Å². The number of aryl methyl sites for hydroxylation is 1. The van der Waals surface area contributed by atoms with Crippen molar-refractivity contribution in [2.24, 2.45) is 0 Å². The summed E-state index contributed by atoms with van der Waals surface area (Å²) in [5.74, 6) is -1.51. The van der Waals surface area contributed by atoms with Gasteiger partial charge < -0.3 is 15.1 Å². The summed E-state index contributed by atoms with van der Waals surface area (Å²) in [5, 5.41) is 18.8. The number of rotatable bonds is 3. The Morgan fingerprint density at radius 1 is 1.14 bits per heavy atom. The average Bonchev–Trinajstić information content (AvgIpc) is 2.43. The van der Waals surface area contributed by atoms with E-state index in [2.05, 4.69) is 0 Å². The molecule has 2 N–H and O–H groups in total. The number of halogens is 1. The van der Waals surface area contributed by atoms with Gasteiger partial charge in [-0.2, -0.15) is 0 Å². The number of carbonyl (C=O) groups excluding carboxylic acids is 1. The molecule has 0 fully saturated rings. The van der Waals surface area contributed by atoms with Crippen molar-refractivity contribution in [1.82, 2.24) is 0 Å². The third-order valence-electron chi connectivity index (χ3n) is 3.23. The number of aromatic hydroxyl groups is 2. The number of phenolic OH excluding ortho intramolecular Hbond substituents is 2. The fraction of sp³-hybridized carbons (Fsp3) is 0.188. The molecule has 2 aromatic rings. The van der Waals surface area contributed by atoms with E-state index in [1.165, 1.54) is 29.2 Å². The molecule has 2 aromatic carbocycles. The summed E-state index contributed by atoms with van der Waals surface area (Å²) >= 11 is 0. The molecule has 0 saturated carbocycles. The topological polar surface area (TPSA) is 60.8 Å². The minimum atomic E-state index is -0.781. The van der Waals surface area contributed by atoms with Crippen LogP contribution in [0.5, 0.6) is 11.5 Å². The average molecular weight is 289 g/mol. The molecule has 0 saturated heterocycles. The number of phenols is 2. The van der Waals surface area contributed by atoms with Gasteiger partial charge in [-0.25, -0.2) is 4.39 Å². The molecular formula is C16H16FNO3. The first-order chi connectivity index (χ1) is 9.93. The second-order valence-electron chi connectivity index (χ2n) is 4.68. The van der Waals surface area contributed by atoms with Gasteiger partial charge in [-0.15, -0.1) is 0 Å². The molecule has 0 heterocycles. The van der Waals surface area contributed by atoms with Gasteiger partial charge in [0.15, 0.2) is 0 Å². The summed E-state index contributed by atoms with van der Waals surface area (Å²) in [5.41, 5.74) is 1.19. The number of nitrogens with zero attached hydrogens (tertiary/aromatic N) is 1. The molecule has 0 aromatic heterocycles. The van der Waals surface area contributed by atoms with Crippen LogP contribution in [-0.2, 0) is 0 Å². The third-order valence-corrected chi connectivity index (χ3v) is 3.23. The van der Waals surface area contributed by atoms with Crippen LogP contribution in [0.1, 0.15) is 22.8 Å². The summed E-state index contributed by atoms with van der Waals surface area (Å²) in [7, 11) is 0. The molecule has 110 valence electrons. The van der Waals surface area contributed by atoms with E-state index in [1.54, 1.807) is 19.9 Å². The molecule has 0 bridgehead atoms. The molecule has 5 heteroatoms. The van der Waals surface area contributed by atoms with E-state index in [-0.39, 0.29) is 17.1 Å². The van der Waals surface area contributed by atoms with Crippen LogP contribution in [0.25, 0.3) is 0 Å². The first-order valence-corrected chi connectivity index (χ1v) is 6.54. The minimum absolute atomic E-state index is 0.0352. The van der Waals surface area contributed by atoms with Crippen LogP contribution < -0.4 is 4.90 Å². The second-order valence-corrected chi connectivity index (χ2v) is 4.68. The SMILES string of the molecule is CCN(C(=O)c1ccc(O)cc1F)c1cc(O)ccc1C. The van der Waals surface area contributed by atoms with Gasteiger partial charge in [-0.05, 0) is 37.6 Å². The van der Waals surface area contributed by atoms with Gasteiger partial charge in [-0.1, -0.05) is 6.07 Å². The van der Waals surface area contributed by atoms with Crippen molar-refractivity contribution < 1.29 is 19.4 Å². The van der Waals surface area contributed by atoms with Gasteiger partial charge >= 0.3 is 0 Å². The van der Waals surface area contributed by atoms with E-state index in [0.717, 1.165) is 11.6 Å². The lowest BCUT2D eigenvalue weighted by atomic mass is 10.1. The molecular weight excluding hydrogens is 273 g/mol. The maximum Gasteiger partial charge on any atom is 0.261 e. The smallest absolute Gasteiger partial charge is 0.261 e. The summed E-state index contributed by atoms with van der Waals surface area (Å²) in [6.45, 7) is 3.89. The van der Waals surface area contributed by atoms with Gasteiger partial charge in [0.25, 0.3) is 5.91 Å². The lowest BCUT2D eigenvalue weighted by Gasteiger charge is -2.23. The lowest BCUT2D eigenvalue weighted by molar-refractivity contribution is 0.0984. The molecule has 0 aliphatic carbocycles. The predicted molar refractivity (Wildman–Crippen MR) is 78.3 cm³/mol. The zero-order valence-corrected chi connectivity index (χ0v) is 11.8. The number of carbonyl (C=O) groups is 1.